The molecular formula is C24H34IN5O. The monoisotopic (exact) mass is 535 g/mol. The van der Waals surface area contributed by atoms with Crippen molar-refractivity contribution in [2.45, 2.75) is 25.9 Å². The van der Waals surface area contributed by atoms with Crippen molar-refractivity contribution in [1.29, 1.82) is 0 Å². The topological polar surface area (TPSA) is 52.1 Å². The van der Waals surface area contributed by atoms with Gasteiger partial charge in [0.15, 0.2) is 5.96 Å². The summed E-state index contributed by atoms with van der Waals surface area (Å²) in [7, 11) is 1.84. The molecular weight excluding hydrogens is 501 g/mol. The molecule has 2 fully saturated rings. The standard InChI is InChI=1S/C24H33N5O.HI/c1-19-3-7-23(8-4-19)29-12-11-21(18-29)27-24(25-2)26-17-20-5-9-22(10-6-20)28-13-15-30-16-14-28;/h3-10,21H,11-18H2,1-2H3,(H2,25,26,27);1H. The Kier molecular flexibility index (Phi) is 8.83. The minimum absolute atomic E-state index is 0. The molecule has 1 unspecified atom stereocenters. The van der Waals surface area contributed by atoms with Crippen LogP contribution in [0.4, 0.5) is 11.4 Å². The number of hydrogen-bond donors (Lipinski definition) is 2. The lowest BCUT2D eigenvalue weighted by molar-refractivity contribution is 0.122. The largest absolute Gasteiger partial charge is 0.378 e. The second-order valence-corrected chi connectivity index (χ2v) is 8.10. The molecule has 0 aromatic heterocycles. The van der Waals surface area contributed by atoms with E-state index in [2.05, 4.69) is 80.9 Å². The van der Waals surface area contributed by atoms with Crippen LogP contribution < -0.4 is 20.4 Å². The van der Waals surface area contributed by atoms with Crippen LogP contribution in [0, 0.1) is 6.92 Å². The summed E-state index contributed by atoms with van der Waals surface area (Å²) in [5.41, 5.74) is 5.12. The number of guanidine groups is 1. The van der Waals surface area contributed by atoms with Crippen LogP contribution in [-0.4, -0.2) is 58.4 Å². The molecule has 2 aliphatic heterocycles. The Balaban J connectivity index is 0.00000272. The highest BCUT2D eigenvalue weighted by Gasteiger charge is 2.23. The summed E-state index contributed by atoms with van der Waals surface area (Å²) in [5, 5.41) is 7.05. The van der Waals surface area contributed by atoms with Crippen LogP contribution in [0.15, 0.2) is 53.5 Å². The van der Waals surface area contributed by atoms with Crippen LogP contribution in [0.2, 0.25) is 0 Å². The van der Waals surface area contributed by atoms with Gasteiger partial charge in [0, 0.05) is 57.2 Å². The van der Waals surface area contributed by atoms with Crippen molar-refractivity contribution >= 4 is 41.3 Å². The third-order valence-electron chi connectivity index (χ3n) is 5.92. The zero-order valence-electron chi connectivity index (χ0n) is 18.5. The van der Waals surface area contributed by atoms with Crippen LogP contribution in [-0.2, 0) is 11.3 Å². The first kappa shape index (κ1) is 23.7. The zero-order valence-corrected chi connectivity index (χ0v) is 20.8. The molecule has 0 saturated carbocycles. The van der Waals surface area contributed by atoms with E-state index in [0.29, 0.717) is 6.04 Å². The van der Waals surface area contributed by atoms with Crippen LogP contribution in [0.1, 0.15) is 17.5 Å². The molecule has 0 spiro atoms. The van der Waals surface area contributed by atoms with Crippen molar-refractivity contribution < 1.29 is 4.74 Å². The molecule has 2 N–H and O–H groups in total. The van der Waals surface area contributed by atoms with Crippen LogP contribution in [0.3, 0.4) is 0 Å². The van der Waals surface area contributed by atoms with Gasteiger partial charge in [-0.1, -0.05) is 29.8 Å². The molecule has 4 rings (SSSR count). The molecule has 31 heavy (non-hydrogen) atoms. The highest BCUT2D eigenvalue weighted by atomic mass is 127. The Labute approximate surface area is 203 Å². The molecule has 0 radical (unpaired) electrons. The van der Waals surface area contributed by atoms with Crippen LogP contribution >= 0.6 is 24.0 Å². The van der Waals surface area contributed by atoms with Gasteiger partial charge < -0.3 is 25.2 Å². The number of hydrogen-bond acceptors (Lipinski definition) is 4. The normalized spacial score (nSPS) is 19.2. The number of anilines is 2. The molecule has 2 aromatic rings. The van der Waals surface area contributed by atoms with Gasteiger partial charge in [0.25, 0.3) is 0 Å². The van der Waals surface area contributed by atoms with Crippen LogP contribution in [0.25, 0.3) is 0 Å². The number of nitrogens with one attached hydrogen (secondary N) is 2. The Hall–Kier alpha value is -2.00. The summed E-state index contributed by atoms with van der Waals surface area (Å²) in [6.45, 7) is 8.52. The third kappa shape index (κ3) is 6.49. The SMILES string of the molecule is CN=C(NCc1ccc(N2CCOCC2)cc1)NC1CCN(c2ccc(C)cc2)C1.I. The number of aryl methyl sites for hydroxylation is 1. The third-order valence-corrected chi connectivity index (χ3v) is 5.92. The summed E-state index contributed by atoms with van der Waals surface area (Å²) >= 11 is 0. The maximum atomic E-state index is 5.44. The predicted molar refractivity (Wildman–Crippen MR) is 140 cm³/mol. The van der Waals surface area contributed by atoms with Gasteiger partial charge in [-0.2, -0.15) is 0 Å². The Bertz CT molecular complexity index is 834. The quantitative estimate of drug-likeness (QED) is 0.350. The van der Waals surface area contributed by atoms with Gasteiger partial charge in [0.1, 0.15) is 0 Å². The van der Waals surface area contributed by atoms with E-state index in [4.69, 9.17) is 4.74 Å². The highest BCUT2D eigenvalue weighted by molar-refractivity contribution is 14.0. The molecule has 7 heteroatoms. The Morgan fingerprint density at radius 1 is 0.968 bits per heavy atom. The van der Waals surface area contributed by atoms with Crippen molar-refractivity contribution in [3.05, 3.63) is 59.7 Å². The first-order valence-corrected chi connectivity index (χ1v) is 10.9. The fourth-order valence-electron chi connectivity index (χ4n) is 4.09. The maximum absolute atomic E-state index is 5.44. The Morgan fingerprint density at radius 3 is 2.29 bits per heavy atom. The van der Waals surface area contributed by atoms with Gasteiger partial charge in [0.05, 0.1) is 13.2 Å². The number of halogens is 1. The number of morpholine rings is 1. The summed E-state index contributed by atoms with van der Waals surface area (Å²) < 4.78 is 5.44. The van der Waals surface area contributed by atoms with Gasteiger partial charge in [-0.3, -0.25) is 4.99 Å². The van der Waals surface area contributed by atoms with Crippen molar-refractivity contribution in [3.8, 4) is 0 Å². The number of ether oxygens (including phenoxy) is 1. The second kappa shape index (κ2) is 11.6. The van der Waals surface area contributed by atoms with Crippen molar-refractivity contribution in [3.63, 3.8) is 0 Å². The molecule has 0 aliphatic carbocycles. The van der Waals surface area contributed by atoms with Gasteiger partial charge in [-0.25, -0.2) is 0 Å². The number of rotatable bonds is 5. The van der Waals surface area contributed by atoms with E-state index in [1.54, 1.807) is 0 Å². The van der Waals surface area contributed by atoms with E-state index in [9.17, 15) is 0 Å². The molecule has 0 bridgehead atoms. The van der Waals surface area contributed by atoms with E-state index < -0.39 is 0 Å². The molecule has 168 valence electrons. The van der Waals surface area contributed by atoms with Gasteiger partial charge in [0.2, 0.25) is 0 Å². The lowest BCUT2D eigenvalue weighted by Crippen LogP contribution is -2.44. The predicted octanol–water partition coefficient (Wildman–Crippen LogP) is 3.39. The lowest BCUT2D eigenvalue weighted by Gasteiger charge is -2.29. The summed E-state index contributed by atoms with van der Waals surface area (Å²) in [6, 6.07) is 18.0. The fourth-order valence-corrected chi connectivity index (χ4v) is 4.09. The van der Waals surface area contributed by atoms with Gasteiger partial charge >= 0.3 is 0 Å². The lowest BCUT2D eigenvalue weighted by atomic mass is 10.2. The van der Waals surface area contributed by atoms with E-state index in [1.165, 1.54) is 22.5 Å². The van der Waals surface area contributed by atoms with Crippen LogP contribution in [0.5, 0.6) is 0 Å². The molecule has 6 nitrogen and oxygen atoms in total. The number of benzene rings is 2. The fraction of sp³-hybridized carbons (Fsp3) is 0.458. The first-order valence-electron chi connectivity index (χ1n) is 10.9. The zero-order chi connectivity index (χ0) is 20.8. The van der Waals surface area contributed by atoms with Crippen molar-refractivity contribution in [2.24, 2.45) is 4.99 Å². The average Bonchev–Trinajstić information content (AvgIpc) is 3.26. The van der Waals surface area contributed by atoms with Gasteiger partial charge in [-0.15, -0.1) is 24.0 Å². The minimum atomic E-state index is 0. The second-order valence-electron chi connectivity index (χ2n) is 8.10. The average molecular weight is 535 g/mol. The minimum Gasteiger partial charge on any atom is -0.378 e. The van der Waals surface area contributed by atoms with Crippen molar-refractivity contribution in [1.82, 2.24) is 10.6 Å². The van der Waals surface area contributed by atoms with E-state index in [-0.39, 0.29) is 24.0 Å². The van der Waals surface area contributed by atoms with E-state index in [1.807, 2.05) is 7.05 Å². The summed E-state index contributed by atoms with van der Waals surface area (Å²) in [5.74, 6) is 0.864. The highest BCUT2D eigenvalue weighted by Crippen LogP contribution is 2.21. The molecule has 1 atom stereocenters. The van der Waals surface area contributed by atoms with E-state index in [0.717, 1.165) is 58.3 Å². The molecule has 2 saturated heterocycles. The van der Waals surface area contributed by atoms with E-state index >= 15 is 0 Å². The molecule has 2 aliphatic rings. The van der Waals surface area contributed by atoms with Crippen molar-refractivity contribution in [2.75, 3.05) is 56.2 Å². The first-order chi connectivity index (χ1) is 14.7. The molecule has 2 heterocycles. The smallest absolute Gasteiger partial charge is 0.191 e. The van der Waals surface area contributed by atoms with Gasteiger partial charge in [-0.05, 0) is 43.2 Å². The maximum Gasteiger partial charge on any atom is 0.191 e. The Morgan fingerprint density at radius 2 is 1.61 bits per heavy atom. The molecule has 0 amide bonds. The summed E-state index contributed by atoms with van der Waals surface area (Å²) in [6.07, 6.45) is 1.11. The molecule has 2 aromatic carbocycles. The number of aliphatic imine (C=N–C) groups is 1. The summed E-state index contributed by atoms with van der Waals surface area (Å²) in [4.78, 5) is 9.24. The number of nitrogens with zero attached hydrogens (tertiary/aromatic N) is 3.